The van der Waals surface area contributed by atoms with Crippen molar-refractivity contribution in [1.29, 1.82) is 0 Å². The summed E-state index contributed by atoms with van der Waals surface area (Å²) >= 11 is 0. The maximum atomic E-state index is 13.9. The van der Waals surface area contributed by atoms with Crippen LogP contribution >= 0.6 is 0 Å². The summed E-state index contributed by atoms with van der Waals surface area (Å²) in [5.74, 6) is -1.65. The maximum absolute atomic E-state index is 13.9. The Balaban J connectivity index is 1.63. The fraction of sp³-hybridized carbons (Fsp3) is 0.333. The van der Waals surface area contributed by atoms with E-state index in [0.29, 0.717) is 5.56 Å². The molecule has 2 aromatic carbocycles. The molecule has 3 rings (SSSR count). The Hall–Kier alpha value is -2.67. The third-order valence-corrected chi connectivity index (χ3v) is 8.76. The van der Waals surface area contributed by atoms with Crippen molar-refractivity contribution >= 4 is 31.7 Å². The van der Waals surface area contributed by atoms with Crippen LogP contribution in [0.1, 0.15) is 24.2 Å². The molecule has 0 unspecified atom stereocenters. The predicted octanol–water partition coefficient (Wildman–Crippen LogP) is 1.23. The average molecular weight is 498 g/mol. The number of sulfonamides is 2. The number of halogens is 1. The van der Waals surface area contributed by atoms with E-state index >= 15 is 0 Å². The number of benzene rings is 2. The minimum absolute atomic E-state index is 0.0231. The lowest BCUT2D eigenvalue weighted by Crippen LogP contribution is -2.55. The van der Waals surface area contributed by atoms with Crippen molar-refractivity contribution in [1.82, 2.24) is 13.9 Å². The van der Waals surface area contributed by atoms with Crippen molar-refractivity contribution in [3.63, 3.8) is 0 Å². The molecule has 1 amide bonds. The van der Waals surface area contributed by atoms with Crippen LogP contribution < -0.4 is 4.72 Å². The van der Waals surface area contributed by atoms with E-state index in [4.69, 9.17) is 0 Å². The molecular formula is C21H24FN3O6S2. The van der Waals surface area contributed by atoms with Crippen molar-refractivity contribution in [2.75, 3.05) is 26.2 Å². The Kier molecular flexibility index (Phi) is 7.32. The molecule has 178 valence electrons. The molecule has 1 aliphatic rings. The first-order valence-corrected chi connectivity index (χ1v) is 13.0. The number of hydrogen-bond donors (Lipinski definition) is 1. The molecule has 0 saturated carbocycles. The van der Waals surface area contributed by atoms with Gasteiger partial charge in [-0.3, -0.25) is 9.59 Å². The zero-order valence-electron chi connectivity index (χ0n) is 18.1. The van der Waals surface area contributed by atoms with Crippen molar-refractivity contribution < 1.29 is 30.8 Å². The Morgan fingerprint density at radius 1 is 0.939 bits per heavy atom. The Morgan fingerprint density at radius 3 is 2.06 bits per heavy atom. The topological polar surface area (TPSA) is 121 Å². The number of amides is 1. The molecule has 1 heterocycles. The van der Waals surface area contributed by atoms with Crippen molar-refractivity contribution in [2.45, 2.75) is 29.7 Å². The summed E-state index contributed by atoms with van der Waals surface area (Å²) in [6, 6.07) is 9.28. The molecule has 1 saturated heterocycles. The highest BCUT2D eigenvalue weighted by Crippen LogP contribution is 2.19. The summed E-state index contributed by atoms with van der Waals surface area (Å²) in [6.45, 7) is 2.91. The fourth-order valence-electron chi connectivity index (χ4n) is 3.44. The lowest BCUT2D eigenvalue weighted by atomic mass is 10.2. The molecule has 0 bridgehead atoms. The van der Waals surface area contributed by atoms with E-state index in [1.54, 1.807) is 0 Å². The minimum Gasteiger partial charge on any atom is -0.339 e. The van der Waals surface area contributed by atoms with Gasteiger partial charge in [-0.05, 0) is 38.1 Å². The number of carbonyl (C=O) groups excluding carboxylic acids is 2. The fourth-order valence-corrected chi connectivity index (χ4v) is 6.14. The number of piperazine rings is 1. The van der Waals surface area contributed by atoms with E-state index in [1.807, 2.05) is 0 Å². The van der Waals surface area contributed by atoms with Crippen LogP contribution in [-0.2, 0) is 24.8 Å². The molecule has 1 N–H and O–H groups in total. The van der Waals surface area contributed by atoms with Gasteiger partial charge in [0.1, 0.15) is 10.7 Å². The largest absolute Gasteiger partial charge is 0.339 e. The van der Waals surface area contributed by atoms with Crippen molar-refractivity contribution in [2.24, 2.45) is 0 Å². The summed E-state index contributed by atoms with van der Waals surface area (Å²) in [7, 11) is -8.07. The van der Waals surface area contributed by atoms with Gasteiger partial charge in [0.25, 0.3) is 0 Å². The van der Waals surface area contributed by atoms with Gasteiger partial charge >= 0.3 is 0 Å². The molecule has 9 nitrogen and oxygen atoms in total. The summed E-state index contributed by atoms with van der Waals surface area (Å²) in [4.78, 5) is 25.0. The number of nitrogens with zero attached hydrogens (tertiary/aromatic N) is 2. The highest BCUT2D eigenvalue weighted by molar-refractivity contribution is 7.89. The standard InChI is InChI=1S/C21H24FN3O6S2/c1-15(23-32(28,29)20-6-4-3-5-19(20)22)21(27)24-11-13-25(14-12-24)33(30,31)18-9-7-17(8-10-18)16(2)26/h3-10,15,23H,11-14H2,1-2H3/t15-/m0/s1. The summed E-state index contributed by atoms with van der Waals surface area (Å²) < 4.78 is 67.8. The van der Waals surface area contributed by atoms with E-state index in [0.717, 1.165) is 12.1 Å². The number of Topliss-reactive ketones (excluding diaryl/α,β-unsaturated/α-hetero) is 1. The van der Waals surface area contributed by atoms with Crippen molar-refractivity contribution in [3.05, 3.63) is 59.9 Å². The first-order valence-electron chi connectivity index (χ1n) is 10.1. The van der Waals surface area contributed by atoms with E-state index in [-0.39, 0.29) is 36.9 Å². The highest BCUT2D eigenvalue weighted by atomic mass is 32.2. The second-order valence-electron chi connectivity index (χ2n) is 7.58. The SMILES string of the molecule is CC(=O)c1ccc(S(=O)(=O)N2CCN(C(=O)[C@H](C)NS(=O)(=O)c3ccccc3F)CC2)cc1. The van der Waals surface area contributed by atoms with Crippen LogP contribution in [0.3, 0.4) is 0 Å². The monoisotopic (exact) mass is 497 g/mol. The van der Waals surface area contributed by atoms with Gasteiger partial charge in [0.05, 0.1) is 10.9 Å². The molecule has 12 heteroatoms. The minimum atomic E-state index is -4.26. The molecule has 0 radical (unpaired) electrons. The normalized spacial score (nSPS) is 16.4. The van der Waals surface area contributed by atoms with E-state index in [9.17, 15) is 30.8 Å². The molecule has 2 aromatic rings. The van der Waals surface area contributed by atoms with E-state index in [2.05, 4.69) is 4.72 Å². The van der Waals surface area contributed by atoms with E-state index in [1.165, 1.54) is 59.5 Å². The van der Waals surface area contributed by atoms with Gasteiger partial charge in [-0.25, -0.2) is 21.2 Å². The molecule has 1 aliphatic heterocycles. The predicted molar refractivity (Wildman–Crippen MR) is 118 cm³/mol. The number of hydrogen-bond acceptors (Lipinski definition) is 6. The zero-order valence-corrected chi connectivity index (χ0v) is 19.7. The highest BCUT2D eigenvalue weighted by Gasteiger charge is 2.33. The van der Waals surface area contributed by atoms with Gasteiger partial charge in [0.15, 0.2) is 5.78 Å². The number of rotatable bonds is 7. The second-order valence-corrected chi connectivity index (χ2v) is 11.2. The van der Waals surface area contributed by atoms with Gasteiger partial charge in [-0.15, -0.1) is 0 Å². The number of ketones is 1. The average Bonchev–Trinajstić information content (AvgIpc) is 2.78. The lowest BCUT2D eigenvalue weighted by molar-refractivity contribution is -0.133. The quantitative estimate of drug-likeness (QED) is 0.575. The second kappa shape index (κ2) is 9.67. The Labute approximate surface area is 192 Å². The Morgan fingerprint density at radius 2 is 1.52 bits per heavy atom. The first-order chi connectivity index (χ1) is 15.4. The molecular weight excluding hydrogens is 473 g/mol. The lowest BCUT2D eigenvalue weighted by Gasteiger charge is -2.35. The first kappa shape index (κ1) is 25.0. The van der Waals surface area contributed by atoms with Gasteiger partial charge in [-0.1, -0.05) is 24.3 Å². The zero-order chi connectivity index (χ0) is 24.4. The van der Waals surface area contributed by atoms with Crippen LogP contribution in [0.15, 0.2) is 58.3 Å². The smallest absolute Gasteiger partial charge is 0.244 e. The molecule has 0 aliphatic carbocycles. The van der Waals surface area contributed by atoms with Crippen LogP contribution in [0.4, 0.5) is 4.39 Å². The molecule has 0 spiro atoms. The van der Waals surface area contributed by atoms with Crippen LogP contribution in [0.5, 0.6) is 0 Å². The maximum Gasteiger partial charge on any atom is 0.244 e. The molecule has 33 heavy (non-hydrogen) atoms. The molecule has 1 atom stereocenters. The van der Waals surface area contributed by atoms with Crippen LogP contribution in [0.2, 0.25) is 0 Å². The summed E-state index contributed by atoms with van der Waals surface area (Å²) in [5.41, 5.74) is 0.399. The third kappa shape index (κ3) is 5.46. The van der Waals surface area contributed by atoms with Gasteiger partial charge in [-0.2, -0.15) is 9.03 Å². The van der Waals surface area contributed by atoms with Crippen LogP contribution in [-0.4, -0.2) is 70.0 Å². The summed E-state index contributed by atoms with van der Waals surface area (Å²) in [6.07, 6.45) is 0. The van der Waals surface area contributed by atoms with E-state index < -0.39 is 42.7 Å². The van der Waals surface area contributed by atoms with Gasteiger partial charge in [0.2, 0.25) is 26.0 Å². The number of nitrogens with one attached hydrogen (secondary N) is 1. The van der Waals surface area contributed by atoms with Gasteiger partial charge in [0, 0.05) is 31.7 Å². The summed E-state index contributed by atoms with van der Waals surface area (Å²) in [5, 5.41) is 0. The third-order valence-electron chi connectivity index (χ3n) is 5.28. The van der Waals surface area contributed by atoms with Crippen molar-refractivity contribution in [3.8, 4) is 0 Å². The number of carbonyl (C=O) groups is 2. The van der Waals surface area contributed by atoms with Crippen LogP contribution in [0, 0.1) is 5.82 Å². The van der Waals surface area contributed by atoms with Crippen LogP contribution in [0.25, 0.3) is 0 Å². The Bertz CT molecular complexity index is 1260. The van der Waals surface area contributed by atoms with Gasteiger partial charge < -0.3 is 4.90 Å². The molecule has 0 aromatic heterocycles. The molecule has 1 fully saturated rings.